The van der Waals surface area contributed by atoms with E-state index in [-0.39, 0.29) is 35.6 Å². The monoisotopic (exact) mass is 420 g/mol. The van der Waals surface area contributed by atoms with Crippen LogP contribution in [0.1, 0.15) is 92.9 Å². The van der Waals surface area contributed by atoms with E-state index in [1.165, 1.54) is 0 Å². The van der Waals surface area contributed by atoms with Crippen LogP contribution in [0, 0.1) is 22.7 Å². The van der Waals surface area contributed by atoms with Crippen LogP contribution in [0.3, 0.4) is 0 Å². The smallest absolute Gasteiger partial charge is 0.182 e. The van der Waals surface area contributed by atoms with Gasteiger partial charge in [0.25, 0.3) is 0 Å². The fourth-order valence-corrected chi connectivity index (χ4v) is 4.40. The third-order valence-electron chi connectivity index (χ3n) is 6.78. The lowest BCUT2D eigenvalue weighted by Crippen LogP contribution is -2.30. The van der Waals surface area contributed by atoms with Crippen molar-refractivity contribution in [2.24, 2.45) is 22.7 Å². The molecule has 0 aromatic rings. The molecular weight excluding hydrogens is 376 g/mol. The van der Waals surface area contributed by atoms with Crippen molar-refractivity contribution in [3.63, 3.8) is 0 Å². The molecule has 1 aliphatic rings. The maximum atomic E-state index is 13.0. The van der Waals surface area contributed by atoms with Crippen LogP contribution in [0.2, 0.25) is 0 Å². The van der Waals surface area contributed by atoms with Crippen molar-refractivity contribution in [1.29, 1.82) is 0 Å². The Balaban J connectivity index is 2.75. The molecule has 2 N–H and O–H groups in total. The van der Waals surface area contributed by atoms with E-state index in [0.29, 0.717) is 23.0 Å². The Bertz CT molecular complexity index is 583. The van der Waals surface area contributed by atoms with Gasteiger partial charge in [-0.2, -0.15) is 0 Å². The average Bonchev–Trinajstić information content (AvgIpc) is 2.63. The van der Waals surface area contributed by atoms with Gasteiger partial charge in [0.1, 0.15) is 0 Å². The van der Waals surface area contributed by atoms with Crippen molar-refractivity contribution in [2.75, 3.05) is 13.2 Å². The molecule has 0 heterocycles. The summed E-state index contributed by atoms with van der Waals surface area (Å²) in [5, 5.41) is 18.1. The standard InChI is InChI=1S/C26H44O4/c1-19(11-15-27)9-7-13-25(3,4)21-17-24(30)22(18-23(21)29)26(5,6)14-8-10-20(2)12-16-28/h17-20,27-28H,7-16H2,1-6H3. The number of carbonyl (C=O) groups excluding carboxylic acids is 2. The van der Waals surface area contributed by atoms with E-state index in [2.05, 4.69) is 13.8 Å². The van der Waals surface area contributed by atoms with E-state index in [1.807, 2.05) is 27.7 Å². The molecule has 30 heavy (non-hydrogen) atoms. The fraction of sp³-hybridized carbons (Fsp3) is 0.769. The van der Waals surface area contributed by atoms with Gasteiger partial charge >= 0.3 is 0 Å². The molecule has 4 heteroatoms. The number of carbonyl (C=O) groups is 2. The molecule has 2 atom stereocenters. The van der Waals surface area contributed by atoms with E-state index in [0.717, 1.165) is 51.4 Å². The molecule has 0 aromatic heterocycles. The van der Waals surface area contributed by atoms with E-state index >= 15 is 0 Å². The number of aliphatic hydroxyl groups excluding tert-OH is 2. The van der Waals surface area contributed by atoms with Crippen LogP contribution >= 0.6 is 0 Å². The number of hydrogen-bond donors (Lipinski definition) is 2. The first-order chi connectivity index (χ1) is 13.9. The molecule has 0 aliphatic heterocycles. The lowest BCUT2D eigenvalue weighted by molar-refractivity contribution is -0.116. The number of hydrogen-bond acceptors (Lipinski definition) is 4. The highest BCUT2D eigenvalue weighted by atomic mass is 16.3. The minimum Gasteiger partial charge on any atom is -0.396 e. The first-order valence-corrected chi connectivity index (χ1v) is 11.7. The molecule has 2 unspecified atom stereocenters. The quantitative estimate of drug-likeness (QED) is 0.368. The molecule has 0 spiro atoms. The predicted molar refractivity (Wildman–Crippen MR) is 123 cm³/mol. The fourth-order valence-electron chi connectivity index (χ4n) is 4.40. The number of rotatable bonds is 14. The van der Waals surface area contributed by atoms with Crippen LogP contribution in [-0.4, -0.2) is 35.0 Å². The molecular formula is C26H44O4. The second-order valence-corrected chi connectivity index (χ2v) is 10.6. The summed E-state index contributed by atoms with van der Waals surface area (Å²) < 4.78 is 0. The highest BCUT2D eigenvalue weighted by Gasteiger charge is 2.36. The zero-order valence-electron chi connectivity index (χ0n) is 20.1. The summed E-state index contributed by atoms with van der Waals surface area (Å²) in [7, 11) is 0. The molecule has 0 saturated carbocycles. The highest BCUT2D eigenvalue weighted by Crippen LogP contribution is 2.40. The van der Waals surface area contributed by atoms with Crippen LogP contribution < -0.4 is 0 Å². The summed E-state index contributed by atoms with van der Waals surface area (Å²) in [5.41, 5.74) is 0.576. The SMILES string of the molecule is CC(CCO)CCCC(C)(C)C1=CC(=O)C(C(C)(C)CCCC(C)CCO)=CC1=O. The van der Waals surface area contributed by atoms with Gasteiger partial charge in [0.15, 0.2) is 11.6 Å². The van der Waals surface area contributed by atoms with E-state index in [1.54, 1.807) is 12.2 Å². The maximum Gasteiger partial charge on any atom is 0.182 e. The van der Waals surface area contributed by atoms with Gasteiger partial charge in [0.2, 0.25) is 0 Å². The predicted octanol–water partition coefficient (Wildman–Crippen LogP) is 5.42. The number of aliphatic hydroxyl groups is 2. The molecule has 1 rings (SSSR count). The molecule has 0 aromatic carbocycles. The van der Waals surface area contributed by atoms with Gasteiger partial charge in [0.05, 0.1) is 0 Å². The Morgan fingerprint density at radius 3 is 1.33 bits per heavy atom. The molecule has 0 bridgehead atoms. The maximum absolute atomic E-state index is 13.0. The molecule has 1 aliphatic carbocycles. The van der Waals surface area contributed by atoms with Crippen LogP contribution in [0.25, 0.3) is 0 Å². The topological polar surface area (TPSA) is 74.6 Å². The van der Waals surface area contributed by atoms with Crippen LogP contribution in [0.15, 0.2) is 23.3 Å². The zero-order valence-corrected chi connectivity index (χ0v) is 20.1. The van der Waals surface area contributed by atoms with Gasteiger partial charge < -0.3 is 10.2 Å². The molecule has 172 valence electrons. The van der Waals surface area contributed by atoms with Crippen molar-refractivity contribution in [3.05, 3.63) is 23.3 Å². The molecule has 4 nitrogen and oxygen atoms in total. The van der Waals surface area contributed by atoms with Gasteiger partial charge in [-0.1, -0.05) is 67.2 Å². The van der Waals surface area contributed by atoms with Gasteiger partial charge in [-0.25, -0.2) is 0 Å². The Kier molecular flexibility index (Phi) is 10.7. The lowest BCUT2D eigenvalue weighted by Gasteiger charge is -2.33. The van der Waals surface area contributed by atoms with Crippen LogP contribution in [-0.2, 0) is 9.59 Å². The molecule has 0 amide bonds. The van der Waals surface area contributed by atoms with Crippen LogP contribution in [0.5, 0.6) is 0 Å². The highest BCUT2D eigenvalue weighted by molar-refractivity contribution is 6.20. The summed E-state index contributed by atoms with van der Waals surface area (Å²) in [4.78, 5) is 25.9. The molecule has 0 fully saturated rings. The van der Waals surface area contributed by atoms with E-state index in [4.69, 9.17) is 10.2 Å². The van der Waals surface area contributed by atoms with E-state index < -0.39 is 0 Å². The normalized spacial score (nSPS) is 17.6. The van der Waals surface area contributed by atoms with Crippen molar-refractivity contribution < 1.29 is 19.8 Å². The molecule has 0 radical (unpaired) electrons. The first-order valence-electron chi connectivity index (χ1n) is 11.7. The Morgan fingerprint density at radius 2 is 1.03 bits per heavy atom. The largest absolute Gasteiger partial charge is 0.396 e. The summed E-state index contributed by atoms with van der Waals surface area (Å²) in [6, 6.07) is 0. The van der Waals surface area contributed by atoms with Crippen molar-refractivity contribution in [3.8, 4) is 0 Å². The van der Waals surface area contributed by atoms with Gasteiger partial charge in [-0.3, -0.25) is 9.59 Å². The molecule has 0 saturated heterocycles. The number of allylic oxidation sites excluding steroid dienone is 4. The zero-order chi connectivity index (χ0) is 22.9. The summed E-state index contributed by atoms with van der Waals surface area (Å²) >= 11 is 0. The minimum atomic E-state index is -0.336. The Morgan fingerprint density at radius 1 is 0.700 bits per heavy atom. The minimum absolute atomic E-state index is 0.0280. The first kappa shape index (κ1) is 26.8. The second-order valence-electron chi connectivity index (χ2n) is 10.6. The van der Waals surface area contributed by atoms with Crippen molar-refractivity contribution in [1.82, 2.24) is 0 Å². The summed E-state index contributed by atoms with van der Waals surface area (Å²) in [6.45, 7) is 12.9. The number of ketones is 2. The third-order valence-corrected chi connectivity index (χ3v) is 6.78. The second kappa shape index (κ2) is 12.0. The Hall–Kier alpha value is -1.26. The summed E-state index contributed by atoms with van der Waals surface area (Å²) in [6.07, 6.45) is 10.5. The Labute approximate surface area is 183 Å². The van der Waals surface area contributed by atoms with Gasteiger partial charge in [-0.15, -0.1) is 0 Å². The summed E-state index contributed by atoms with van der Waals surface area (Å²) in [5.74, 6) is 0.881. The van der Waals surface area contributed by atoms with Gasteiger partial charge in [-0.05, 0) is 60.5 Å². The third kappa shape index (κ3) is 8.11. The lowest BCUT2D eigenvalue weighted by atomic mass is 9.70. The van der Waals surface area contributed by atoms with E-state index in [9.17, 15) is 9.59 Å². The van der Waals surface area contributed by atoms with Crippen LogP contribution in [0.4, 0.5) is 0 Å². The van der Waals surface area contributed by atoms with Crippen molar-refractivity contribution in [2.45, 2.75) is 92.9 Å². The average molecular weight is 421 g/mol. The van der Waals surface area contributed by atoms with Gasteiger partial charge in [0, 0.05) is 24.4 Å². The van der Waals surface area contributed by atoms with Crippen molar-refractivity contribution >= 4 is 11.6 Å².